The number of β-amino-alcohol motifs (C(OH)–C–C–N with tert-alkyl or cyclic N) is 1. The first-order valence-electron chi connectivity index (χ1n) is 10.9. The van der Waals surface area contributed by atoms with Gasteiger partial charge in [-0.05, 0) is 46.5 Å². The molecule has 3 rings (SSSR count). The molecule has 4 N–H and O–H groups in total. The maximum Gasteiger partial charge on any atom is 0.408 e. The minimum absolute atomic E-state index is 0.227. The van der Waals surface area contributed by atoms with Crippen molar-refractivity contribution in [2.75, 3.05) is 13.1 Å². The van der Waals surface area contributed by atoms with Gasteiger partial charge in [-0.2, -0.15) is 0 Å². The topological polar surface area (TPSA) is 171 Å². The summed E-state index contributed by atoms with van der Waals surface area (Å²) in [6, 6.07) is -1.22. The summed E-state index contributed by atoms with van der Waals surface area (Å²) < 4.78 is 31.3. The first-order valence-corrected chi connectivity index (χ1v) is 12.5. The summed E-state index contributed by atoms with van der Waals surface area (Å²) in [5, 5.41) is 14.8. The van der Waals surface area contributed by atoms with Gasteiger partial charge in [0, 0.05) is 6.42 Å². The van der Waals surface area contributed by atoms with Crippen LogP contribution >= 0.6 is 0 Å². The Morgan fingerprint density at radius 1 is 1.21 bits per heavy atom. The molecule has 0 unspecified atom stereocenters. The van der Waals surface area contributed by atoms with Gasteiger partial charge >= 0.3 is 6.09 Å². The van der Waals surface area contributed by atoms with Crippen molar-refractivity contribution in [3.8, 4) is 12.3 Å². The van der Waals surface area contributed by atoms with Crippen LogP contribution in [0.3, 0.4) is 0 Å². The highest BCUT2D eigenvalue weighted by Gasteiger charge is 2.56. The maximum absolute atomic E-state index is 13.0. The third-order valence-corrected chi connectivity index (χ3v) is 7.58. The van der Waals surface area contributed by atoms with E-state index in [2.05, 4.69) is 16.6 Å². The minimum atomic E-state index is -3.79. The van der Waals surface area contributed by atoms with Crippen LogP contribution in [0.4, 0.5) is 4.79 Å². The molecule has 1 aliphatic heterocycles. The van der Waals surface area contributed by atoms with Crippen molar-refractivity contribution in [1.82, 2.24) is 20.3 Å². The largest absolute Gasteiger partial charge is 0.444 e. The summed E-state index contributed by atoms with van der Waals surface area (Å²) in [6.07, 6.45) is 5.67. The first-order chi connectivity index (χ1) is 15.6. The Balaban J connectivity index is 1.66. The maximum atomic E-state index is 13.0. The number of hydrogen-bond donors (Lipinski definition) is 4. The van der Waals surface area contributed by atoms with Gasteiger partial charge in [0.2, 0.25) is 21.8 Å². The van der Waals surface area contributed by atoms with Crippen LogP contribution in [-0.2, 0) is 29.1 Å². The molecule has 2 aliphatic carbocycles. The van der Waals surface area contributed by atoms with Crippen molar-refractivity contribution in [3.63, 3.8) is 0 Å². The molecule has 3 fully saturated rings. The van der Waals surface area contributed by atoms with Gasteiger partial charge in [0.25, 0.3) is 5.91 Å². The van der Waals surface area contributed by atoms with E-state index in [4.69, 9.17) is 11.2 Å². The number of rotatable bonds is 7. The van der Waals surface area contributed by atoms with Crippen LogP contribution in [0.1, 0.15) is 52.9 Å². The molecule has 13 heteroatoms. The van der Waals surface area contributed by atoms with Crippen molar-refractivity contribution >= 4 is 33.8 Å². The summed E-state index contributed by atoms with van der Waals surface area (Å²) in [4.78, 5) is 51.3. The summed E-state index contributed by atoms with van der Waals surface area (Å²) in [6.45, 7) is 4.10. The third kappa shape index (κ3) is 5.98. The van der Waals surface area contributed by atoms with E-state index in [-0.39, 0.29) is 25.8 Å². The fourth-order valence-corrected chi connectivity index (χ4v) is 4.97. The monoisotopic (exact) mass is 498 g/mol. The fraction of sp³-hybridized carbons (Fsp3) is 0.714. The zero-order chi connectivity index (χ0) is 25.5. The zero-order valence-electron chi connectivity index (χ0n) is 19.3. The molecule has 0 aromatic heterocycles. The molecule has 2 saturated carbocycles. The number of sulfonamides is 1. The van der Waals surface area contributed by atoms with Crippen molar-refractivity contribution in [1.29, 1.82) is 0 Å². The van der Waals surface area contributed by atoms with Gasteiger partial charge in [0.15, 0.2) is 0 Å². The molecule has 0 aromatic carbocycles. The van der Waals surface area contributed by atoms with Crippen molar-refractivity contribution < 1.29 is 37.4 Å². The van der Waals surface area contributed by atoms with Crippen LogP contribution in [0.5, 0.6) is 0 Å². The van der Waals surface area contributed by atoms with Gasteiger partial charge in [-0.3, -0.25) is 19.1 Å². The molecule has 12 nitrogen and oxygen atoms in total. The van der Waals surface area contributed by atoms with Crippen LogP contribution in [0.15, 0.2) is 0 Å². The Morgan fingerprint density at radius 2 is 1.82 bits per heavy atom. The van der Waals surface area contributed by atoms with Gasteiger partial charge in [-0.1, -0.05) is 5.92 Å². The number of carbonyl (C=O) groups excluding carboxylic acids is 4. The number of nitrogens with one attached hydrogen (secondary N) is 3. The van der Waals surface area contributed by atoms with Crippen LogP contribution in [0, 0.1) is 12.3 Å². The van der Waals surface area contributed by atoms with Gasteiger partial charge in [0.05, 0.1) is 11.8 Å². The zero-order valence-corrected chi connectivity index (χ0v) is 20.2. The quantitative estimate of drug-likeness (QED) is 0.315. The van der Waals surface area contributed by atoms with Crippen molar-refractivity contribution in [3.05, 3.63) is 0 Å². The van der Waals surface area contributed by atoms with Crippen LogP contribution < -0.4 is 15.4 Å². The molecule has 0 spiro atoms. The van der Waals surface area contributed by atoms with Crippen molar-refractivity contribution in [2.24, 2.45) is 0 Å². The predicted molar refractivity (Wildman–Crippen MR) is 118 cm³/mol. The van der Waals surface area contributed by atoms with E-state index in [0.29, 0.717) is 12.8 Å². The molecule has 0 radical (unpaired) electrons. The first kappa shape index (κ1) is 25.8. The molecule has 188 valence electrons. The molecule has 4 amide bonds. The average molecular weight is 499 g/mol. The average Bonchev–Trinajstić information content (AvgIpc) is 3.62. The lowest BCUT2D eigenvalue weighted by Gasteiger charge is -2.26. The highest BCUT2D eigenvalue weighted by molar-refractivity contribution is 7.91. The number of carbonyl (C=O) groups is 4. The van der Waals surface area contributed by atoms with E-state index in [0.717, 1.165) is 4.90 Å². The summed E-state index contributed by atoms with van der Waals surface area (Å²) >= 11 is 0. The third-order valence-electron chi connectivity index (χ3n) is 5.76. The van der Waals surface area contributed by atoms with E-state index >= 15 is 0 Å². The number of hydrogen-bond acceptors (Lipinski definition) is 8. The Kier molecular flexibility index (Phi) is 6.62. The minimum Gasteiger partial charge on any atom is -0.444 e. The number of likely N-dealkylation sites (tertiary alicyclic amines) is 1. The standard InChI is InChI=1S/C21H30N4O8S/c1-5-20(30)10-14(25(12-20)15(26)11-22-18(29)33-19(2,3)4)16(27)23-21(8-9-21)17(28)24-34(31,32)13-6-7-13/h1,13-14,30H,6-12H2,2-4H3,(H,22,29)(H,23,27)(H,24,28)/t14-,20-/m0/s1. The SMILES string of the molecule is C#C[C@]1(O)C[C@@H](C(=O)NC2(C(=O)NS(=O)(=O)C3CC3)CC2)N(C(=O)CNC(=O)OC(C)(C)C)C1. The smallest absolute Gasteiger partial charge is 0.408 e. The number of alkyl carbamates (subject to hydrolysis) is 1. The highest BCUT2D eigenvalue weighted by atomic mass is 32.2. The van der Waals surface area contributed by atoms with Crippen LogP contribution in [0.2, 0.25) is 0 Å². The number of terminal acetylenes is 1. The molecule has 0 bridgehead atoms. The predicted octanol–water partition coefficient (Wildman–Crippen LogP) is -1.27. The van der Waals surface area contributed by atoms with Crippen molar-refractivity contribution in [2.45, 2.75) is 80.9 Å². The lowest BCUT2D eigenvalue weighted by molar-refractivity contribution is -0.139. The summed E-state index contributed by atoms with van der Waals surface area (Å²) in [5.74, 6) is -0.111. The Morgan fingerprint density at radius 3 is 2.32 bits per heavy atom. The van der Waals surface area contributed by atoms with Gasteiger partial charge in [-0.25, -0.2) is 13.2 Å². The second-order valence-electron chi connectivity index (χ2n) is 10.0. The van der Waals surface area contributed by atoms with Crippen LogP contribution in [0.25, 0.3) is 0 Å². The van der Waals surface area contributed by atoms with Gasteiger partial charge in [-0.15, -0.1) is 6.42 Å². The molecule has 1 heterocycles. The second kappa shape index (κ2) is 8.74. The molecule has 1 saturated heterocycles. The molecule has 0 aromatic rings. The Hall–Kier alpha value is -2.85. The van der Waals surface area contributed by atoms with E-state index in [9.17, 15) is 32.7 Å². The summed E-state index contributed by atoms with van der Waals surface area (Å²) in [7, 11) is -3.79. The van der Waals surface area contributed by atoms with E-state index in [1.165, 1.54) is 0 Å². The van der Waals surface area contributed by atoms with E-state index in [1.807, 2.05) is 4.72 Å². The van der Waals surface area contributed by atoms with E-state index in [1.54, 1.807) is 20.8 Å². The lowest BCUT2D eigenvalue weighted by Crippen LogP contribution is -2.56. The number of nitrogens with zero attached hydrogens (tertiary/aromatic N) is 1. The van der Waals surface area contributed by atoms with E-state index < -0.39 is 68.4 Å². The molecule has 3 aliphatic rings. The Bertz CT molecular complexity index is 1040. The van der Waals surface area contributed by atoms with Gasteiger partial charge < -0.3 is 25.4 Å². The fourth-order valence-electron chi connectivity index (χ4n) is 3.59. The van der Waals surface area contributed by atoms with Gasteiger partial charge in [0.1, 0.15) is 29.3 Å². The molecular formula is C21H30N4O8S. The highest BCUT2D eigenvalue weighted by Crippen LogP contribution is 2.38. The number of amides is 4. The van der Waals surface area contributed by atoms with Crippen LogP contribution in [-0.4, -0.2) is 83.4 Å². The lowest BCUT2D eigenvalue weighted by atomic mass is 10.0. The normalized spacial score (nSPS) is 25.6. The summed E-state index contributed by atoms with van der Waals surface area (Å²) in [5.41, 5.74) is -3.96. The Labute approximate surface area is 198 Å². The number of ether oxygens (including phenoxy) is 1. The second-order valence-corrected chi connectivity index (χ2v) is 12.0. The number of aliphatic hydroxyl groups is 1. The molecular weight excluding hydrogens is 468 g/mol. The molecule has 34 heavy (non-hydrogen) atoms. The molecule has 2 atom stereocenters.